The van der Waals surface area contributed by atoms with Crippen LogP contribution in [0.15, 0.2) is 29.6 Å². The number of nitrogens with one attached hydrogen (secondary N) is 2. The van der Waals surface area contributed by atoms with Crippen molar-refractivity contribution >= 4 is 34.2 Å². The van der Waals surface area contributed by atoms with Crippen molar-refractivity contribution < 1.29 is 14.3 Å². The van der Waals surface area contributed by atoms with Crippen LogP contribution in [0.25, 0.3) is 0 Å². The summed E-state index contributed by atoms with van der Waals surface area (Å²) in [7, 11) is 0. The number of amidine groups is 1. The highest BCUT2D eigenvalue weighted by Gasteiger charge is 2.07. The molecular formula is C18H24N4O3S. The number of aromatic nitrogens is 1. The molecular weight excluding hydrogens is 352 g/mol. The molecule has 8 heteroatoms. The Bertz CT molecular complexity index is 773. The summed E-state index contributed by atoms with van der Waals surface area (Å²) in [6, 6.07) is 7.76. The predicted octanol–water partition coefficient (Wildman–Crippen LogP) is 2.89. The first-order valence-corrected chi connectivity index (χ1v) is 8.58. The summed E-state index contributed by atoms with van der Waals surface area (Å²) in [5, 5.41) is 12.3. The fourth-order valence-corrected chi connectivity index (χ4v) is 2.94. The predicted molar refractivity (Wildman–Crippen MR) is 103 cm³/mol. The molecule has 0 fully saturated rings. The van der Waals surface area contributed by atoms with Crippen LogP contribution in [-0.2, 0) is 33.8 Å². The highest BCUT2D eigenvalue weighted by atomic mass is 32.1. The van der Waals surface area contributed by atoms with Gasteiger partial charge in [0.05, 0.1) is 5.69 Å². The van der Waals surface area contributed by atoms with Crippen LogP contribution in [0, 0.1) is 5.41 Å². The van der Waals surface area contributed by atoms with Crippen molar-refractivity contribution in [3.05, 3.63) is 46.5 Å². The summed E-state index contributed by atoms with van der Waals surface area (Å²) in [4.78, 5) is 26.8. The molecule has 0 atom stereocenters. The lowest BCUT2D eigenvalue weighted by atomic mass is 10.1. The van der Waals surface area contributed by atoms with E-state index in [-0.39, 0.29) is 32.2 Å². The fraction of sp³-hybridized carbons (Fsp3) is 0.333. The van der Waals surface area contributed by atoms with Crippen LogP contribution < -0.4 is 11.1 Å². The number of thiazole rings is 1. The lowest BCUT2D eigenvalue weighted by Crippen LogP contribution is -2.17. The summed E-state index contributed by atoms with van der Waals surface area (Å²) in [6.07, 6.45) is 1.35. The van der Waals surface area contributed by atoms with Gasteiger partial charge in [-0.05, 0) is 24.0 Å². The number of nitrogens with two attached hydrogens (primary N) is 1. The zero-order chi connectivity index (χ0) is 18.2. The first-order valence-electron chi connectivity index (χ1n) is 7.70. The number of carbonyl (C=O) groups is 2. The lowest BCUT2D eigenvalue weighted by Gasteiger charge is -2.06. The Morgan fingerprint density at radius 3 is 2.73 bits per heavy atom. The molecule has 0 unspecified atom stereocenters. The van der Waals surface area contributed by atoms with Crippen molar-refractivity contribution in [2.45, 2.75) is 40.2 Å². The third-order valence-electron chi connectivity index (χ3n) is 3.23. The second-order valence-corrected chi connectivity index (χ2v) is 6.37. The fourth-order valence-electron chi connectivity index (χ4n) is 2.15. The van der Waals surface area contributed by atoms with Gasteiger partial charge in [-0.15, -0.1) is 11.3 Å². The minimum atomic E-state index is -0.508. The number of anilines is 1. The van der Waals surface area contributed by atoms with Gasteiger partial charge in [0.1, 0.15) is 18.9 Å². The second-order valence-electron chi connectivity index (χ2n) is 5.51. The van der Waals surface area contributed by atoms with Crippen molar-refractivity contribution in [1.29, 1.82) is 5.41 Å². The first-order chi connectivity index (χ1) is 11.9. The van der Waals surface area contributed by atoms with E-state index in [2.05, 4.69) is 10.3 Å². The van der Waals surface area contributed by atoms with Gasteiger partial charge in [0, 0.05) is 12.3 Å². The summed E-state index contributed by atoms with van der Waals surface area (Å²) >= 11 is 1.40. The topological polar surface area (TPSA) is 118 Å². The molecule has 26 heavy (non-hydrogen) atoms. The van der Waals surface area contributed by atoms with E-state index in [0.29, 0.717) is 5.13 Å². The van der Waals surface area contributed by atoms with Gasteiger partial charge in [0.15, 0.2) is 5.13 Å². The number of esters is 1. The number of hydrogen-bond donors (Lipinski definition) is 3. The monoisotopic (exact) mass is 376 g/mol. The van der Waals surface area contributed by atoms with E-state index in [1.54, 1.807) is 0 Å². The smallest absolute Gasteiger partial charge is 0.313 e. The zero-order valence-corrected chi connectivity index (χ0v) is 14.7. The molecule has 0 aliphatic rings. The van der Waals surface area contributed by atoms with Gasteiger partial charge in [-0.1, -0.05) is 31.7 Å². The van der Waals surface area contributed by atoms with E-state index in [0.717, 1.165) is 29.7 Å². The molecule has 4 N–H and O–H groups in total. The van der Waals surface area contributed by atoms with Gasteiger partial charge in [0.2, 0.25) is 5.91 Å². The van der Waals surface area contributed by atoms with Crippen molar-refractivity contribution in [3.63, 3.8) is 0 Å². The molecule has 0 radical (unpaired) electrons. The SMILES string of the molecule is C.CC(=O)Nc1nc(CCc2cccc(COC(=O)CC(=N)N)c2)cs1. The van der Waals surface area contributed by atoms with Crippen LogP contribution in [0.1, 0.15) is 37.6 Å². The third-order valence-corrected chi connectivity index (χ3v) is 4.04. The summed E-state index contributed by atoms with van der Waals surface area (Å²) in [6.45, 7) is 1.61. The minimum absolute atomic E-state index is 0. The highest BCUT2D eigenvalue weighted by molar-refractivity contribution is 7.13. The van der Waals surface area contributed by atoms with Crippen LogP contribution >= 0.6 is 11.3 Å². The largest absolute Gasteiger partial charge is 0.460 e. The van der Waals surface area contributed by atoms with E-state index < -0.39 is 5.97 Å². The average Bonchev–Trinajstić information content (AvgIpc) is 2.97. The average molecular weight is 376 g/mol. The van der Waals surface area contributed by atoms with E-state index >= 15 is 0 Å². The third kappa shape index (κ3) is 7.43. The van der Waals surface area contributed by atoms with Gasteiger partial charge in [0.25, 0.3) is 0 Å². The maximum atomic E-state index is 11.4. The number of amides is 1. The number of benzene rings is 1. The van der Waals surface area contributed by atoms with Crippen LogP contribution in [0.3, 0.4) is 0 Å². The molecule has 2 aromatic rings. The number of aryl methyl sites for hydroxylation is 2. The number of hydrogen-bond acceptors (Lipinski definition) is 6. The van der Waals surface area contributed by atoms with Gasteiger partial charge < -0.3 is 15.8 Å². The molecule has 0 spiro atoms. The lowest BCUT2D eigenvalue weighted by molar-refractivity contribution is -0.143. The Morgan fingerprint density at radius 1 is 1.31 bits per heavy atom. The van der Waals surface area contributed by atoms with Crippen molar-refractivity contribution in [2.24, 2.45) is 5.73 Å². The Labute approximate surface area is 157 Å². The maximum absolute atomic E-state index is 11.4. The van der Waals surface area contributed by atoms with Gasteiger partial charge >= 0.3 is 5.97 Å². The molecule has 0 saturated carbocycles. The van der Waals surface area contributed by atoms with Crippen LogP contribution in [0.2, 0.25) is 0 Å². The zero-order valence-electron chi connectivity index (χ0n) is 13.9. The Balaban J connectivity index is 0.00000338. The van der Waals surface area contributed by atoms with E-state index in [1.165, 1.54) is 18.3 Å². The maximum Gasteiger partial charge on any atom is 0.313 e. The van der Waals surface area contributed by atoms with E-state index in [4.69, 9.17) is 15.9 Å². The summed E-state index contributed by atoms with van der Waals surface area (Å²) in [5.74, 6) is -0.848. The molecule has 2 rings (SSSR count). The summed E-state index contributed by atoms with van der Waals surface area (Å²) in [5.41, 5.74) is 8.07. The van der Waals surface area contributed by atoms with Gasteiger partial charge in [-0.2, -0.15) is 0 Å². The minimum Gasteiger partial charge on any atom is -0.460 e. The van der Waals surface area contributed by atoms with Gasteiger partial charge in [-0.3, -0.25) is 15.0 Å². The van der Waals surface area contributed by atoms with Gasteiger partial charge in [-0.25, -0.2) is 4.98 Å². The van der Waals surface area contributed by atoms with Crippen LogP contribution in [0.4, 0.5) is 5.13 Å². The Morgan fingerprint density at radius 2 is 2.04 bits per heavy atom. The highest BCUT2D eigenvalue weighted by Crippen LogP contribution is 2.17. The molecule has 140 valence electrons. The molecule has 1 amide bonds. The van der Waals surface area contributed by atoms with Crippen LogP contribution in [-0.4, -0.2) is 22.7 Å². The number of carbonyl (C=O) groups excluding carboxylic acids is 2. The van der Waals surface area contributed by atoms with E-state index in [9.17, 15) is 9.59 Å². The molecule has 1 heterocycles. The molecule has 0 aliphatic carbocycles. The summed E-state index contributed by atoms with van der Waals surface area (Å²) < 4.78 is 5.09. The molecule has 0 aliphatic heterocycles. The quantitative estimate of drug-likeness (QED) is 0.372. The number of nitrogens with zero attached hydrogens (tertiary/aromatic N) is 1. The normalized spacial score (nSPS) is 9.88. The molecule has 1 aromatic heterocycles. The molecule has 0 bridgehead atoms. The van der Waals surface area contributed by atoms with Crippen LogP contribution in [0.5, 0.6) is 0 Å². The van der Waals surface area contributed by atoms with Crippen molar-refractivity contribution in [1.82, 2.24) is 4.98 Å². The second kappa shape index (κ2) is 10.3. The molecule has 1 aromatic carbocycles. The number of ether oxygens (including phenoxy) is 1. The first kappa shape index (κ1) is 21.3. The molecule has 0 saturated heterocycles. The van der Waals surface area contributed by atoms with Crippen molar-refractivity contribution in [3.8, 4) is 0 Å². The Kier molecular flexibility index (Phi) is 8.44. The Hall–Kier alpha value is -2.74. The van der Waals surface area contributed by atoms with E-state index in [1.807, 2.05) is 29.6 Å². The standard InChI is InChI=1S/C17H20N4O3S.CH4/c1-11(22)20-17-21-14(10-25-17)6-5-12-3-2-4-13(7-12)9-24-16(23)8-15(18)19;/h2-4,7,10H,5-6,8-9H2,1H3,(H3,18,19)(H,20,21,22);1H4. The van der Waals surface area contributed by atoms with Crippen molar-refractivity contribution in [2.75, 3.05) is 5.32 Å². The molecule has 7 nitrogen and oxygen atoms in total. The number of rotatable bonds is 8.